The summed E-state index contributed by atoms with van der Waals surface area (Å²) in [5, 5.41) is 14.1. The van der Waals surface area contributed by atoms with Gasteiger partial charge in [0.2, 0.25) is 0 Å². The molecular weight excluding hydrogens is 234 g/mol. The van der Waals surface area contributed by atoms with Gasteiger partial charge in [-0.3, -0.25) is 0 Å². The maximum atomic E-state index is 9.66. The van der Waals surface area contributed by atoms with Crippen LogP contribution in [0.5, 0.6) is 5.75 Å². The van der Waals surface area contributed by atoms with Gasteiger partial charge in [0.05, 0.1) is 0 Å². The third-order valence-electron chi connectivity index (χ3n) is 3.20. The number of hydrogen-bond donors (Lipinski definition) is 1. The second-order valence-corrected chi connectivity index (χ2v) is 5.67. The van der Waals surface area contributed by atoms with Crippen LogP contribution in [0.4, 0.5) is 0 Å². The first-order valence-electron chi connectivity index (χ1n) is 5.94. The predicted molar refractivity (Wildman–Crippen MR) is 68.4 cm³/mol. The minimum Gasteiger partial charge on any atom is -0.504 e. The summed E-state index contributed by atoms with van der Waals surface area (Å²) in [7, 11) is 0. The molecule has 0 amide bonds. The van der Waals surface area contributed by atoms with E-state index >= 15 is 0 Å². The summed E-state index contributed by atoms with van der Waals surface area (Å²) >= 11 is 2.03. The van der Waals surface area contributed by atoms with Gasteiger partial charge in [-0.2, -0.15) is 16.9 Å². The molecule has 0 spiro atoms. The van der Waals surface area contributed by atoms with Gasteiger partial charge in [-0.05, 0) is 42.4 Å². The Hall–Kier alpha value is -1.23. The van der Waals surface area contributed by atoms with E-state index in [1.807, 2.05) is 18.0 Å². The second kappa shape index (κ2) is 4.56. The molecule has 1 aliphatic heterocycles. The Morgan fingerprint density at radius 1 is 1.41 bits per heavy atom. The van der Waals surface area contributed by atoms with Crippen LogP contribution in [-0.2, 0) is 6.42 Å². The van der Waals surface area contributed by atoms with Crippen molar-refractivity contribution >= 4 is 17.4 Å². The van der Waals surface area contributed by atoms with Gasteiger partial charge in [0.25, 0.3) is 0 Å². The minimum atomic E-state index is 0.199. The van der Waals surface area contributed by atoms with Crippen LogP contribution in [0.15, 0.2) is 18.3 Å². The molecule has 3 rings (SSSR count). The van der Waals surface area contributed by atoms with Gasteiger partial charge in [0.1, 0.15) is 0 Å². The van der Waals surface area contributed by atoms with Crippen molar-refractivity contribution < 1.29 is 5.11 Å². The van der Waals surface area contributed by atoms with Crippen molar-refractivity contribution in [3.63, 3.8) is 0 Å². The lowest BCUT2D eigenvalue weighted by atomic mass is 9.99. The molecule has 1 fully saturated rings. The molecule has 90 valence electrons. The van der Waals surface area contributed by atoms with Crippen LogP contribution < -0.4 is 0 Å². The van der Waals surface area contributed by atoms with E-state index in [2.05, 4.69) is 10.1 Å². The summed E-state index contributed by atoms with van der Waals surface area (Å²) < 4.78 is 1.66. The zero-order chi connectivity index (χ0) is 11.7. The maximum Gasteiger partial charge on any atom is 0.197 e. The molecule has 0 unspecified atom stereocenters. The van der Waals surface area contributed by atoms with E-state index in [4.69, 9.17) is 0 Å². The van der Waals surface area contributed by atoms with Crippen LogP contribution in [0.25, 0.3) is 5.65 Å². The quantitative estimate of drug-likeness (QED) is 0.885. The molecular formula is C12H15N3OS. The third-order valence-corrected chi connectivity index (χ3v) is 4.25. The summed E-state index contributed by atoms with van der Waals surface area (Å²) in [6.07, 6.45) is 5.27. The number of hydrogen-bond acceptors (Lipinski definition) is 4. The molecule has 2 aromatic heterocycles. The van der Waals surface area contributed by atoms with Crippen molar-refractivity contribution in [1.82, 2.24) is 14.6 Å². The summed E-state index contributed by atoms with van der Waals surface area (Å²) in [5.41, 5.74) is 0.563. The Bertz CT molecular complexity index is 519. The highest BCUT2D eigenvalue weighted by Gasteiger charge is 2.17. The van der Waals surface area contributed by atoms with Crippen LogP contribution in [-0.4, -0.2) is 31.2 Å². The van der Waals surface area contributed by atoms with Gasteiger partial charge < -0.3 is 5.11 Å². The standard InChI is InChI=1S/C12H15N3OS/c16-10-2-1-5-15-12(10)13-11(14-15)8-9-3-6-17-7-4-9/h1-2,5,9,16H,3-4,6-8H2. The molecule has 0 saturated carbocycles. The minimum absolute atomic E-state index is 0.199. The van der Waals surface area contributed by atoms with E-state index in [-0.39, 0.29) is 5.75 Å². The fourth-order valence-electron chi connectivity index (χ4n) is 2.23. The summed E-state index contributed by atoms with van der Waals surface area (Å²) in [6, 6.07) is 3.42. The molecule has 5 heteroatoms. The number of rotatable bonds is 2. The summed E-state index contributed by atoms with van der Waals surface area (Å²) in [4.78, 5) is 4.40. The summed E-state index contributed by atoms with van der Waals surface area (Å²) in [6.45, 7) is 0. The number of pyridine rings is 1. The first-order chi connectivity index (χ1) is 8.33. The number of fused-ring (bicyclic) bond motifs is 1. The predicted octanol–water partition coefficient (Wildman–Crippen LogP) is 2.12. The van der Waals surface area contributed by atoms with Gasteiger partial charge in [-0.1, -0.05) is 0 Å². The number of thioether (sulfide) groups is 1. The zero-order valence-corrected chi connectivity index (χ0v) is 10.4. The molecule has 3 heterocycles. The molecule has 0 aliphatic carbocycles. The van der Waals surface area contributed by atoms with Crippen LogP contribution in [0.2, 0.25) is 0 Å². The Kier molecular flexibility index (Phi) is 2.93. The van der Waals surface area contributed by atoms with Crippen molar-refractivity contribution in [2.45, 2.75) is 19.3 Å². The van der Waals surface area contributed by atoms with Crippen LogP contribution in [0, 0.1) is 5.92 Å². The van der Waals surface area contributed by atoms with Crippen molar-refractivity contribution in [2.24, 2.45) is 5.92 Å². The van der Waals surface area contributed by atoms with E-state index in [0.29, 0.717) is 11.6 Å². The van der Waals surface area contributed by atoms with Crippen molar-refractivity contribution in [1.29, 1.82) is 0 Å². The number of aromatic hydroxyl groups is 1. The molecule has 17 heavy (non-hydrogen) atoms. The van der Waals surface area contributed by atoms with E-state index < -0.39 is 0 Å². The molecule has 4 nitrogen and oxygen atoms in total. The first kappa shape index (κ1) is 10.9. The van der Waals surface area contributed by atoms with Crippen LogP contribution >= 0.6 is 11.8 Å². The van der Waals surface area contributed by atoms with Gasteiger partial charge >= 0.3 is 0 Å². The van der Waals surface area contributed by atoms with Gasteiger partial charge in [0, 0.05) is 12.6 Å². The Morgan fingerprint density at radius 2 is 2.24 bits per heavy atom. The molecule has 2 aromatic rings. The van der Waals surface area contributed by atoms with E-state index in [9.17, 15) is 5.11 Å². The monoisotopic (exact) mass is 249 g/mol. The molecule has 0 atom stereocenters. The number of nitrogens with zero attached hydrogens (tertiary/aromatic N) is 3. The maximum absolute atomic E-state index is 9.66. The van der Waals surface area contributed by atoms with Crippen molar-refractivity contribution in [2.75, 3.05) is 11.5 Å². The zero-order valence-electron chi connectivity index (χ0n) is 9.54. The van der Waals surface area contributed by atoms with Gasteiger partial charge in [0.15, 0.2) is 17.2 Å². The van der Waals surface area contributed by atoms with E-state index in [1.54, 1.807) is 16.6 Å². The van der Waals surface area contributed by atoms with Gasteiger partial charge in [-0.25, -0.2) is 9.50 Å². The lowest BCUT2D eigenvalue weighted by molar-refractivity contribution is 0.475. The van der Waals surface area contributed by atoms with Crippen molar-refractivity contribution in [3.05, 3.63) is 24.2 Å². The van der Waals surface area contributed by atoms with Gasteiger partial charge in [-0.15, -0.1) is 0 Å². The molecule has 1 aliphatic rings. The van der Waals surface area contributed by atoms with Crippen LogP contribution in [0.3, 0.4) is 0 Å². The van der Waals surface area contributed by atoms with E-state index in [1.165, 1.54) is 24.3 Å². The number of aromatic nitrogens is 3. The first-order valence-corrected chi connectivity index (χ1v) is 7.09. The fourth-order valence-corrected chi connectivity index (χ4v) is 3.44. The molecule has 1 saturated heterocycles. The summed E-state index contributed by atoms with van der Waals surface area (Å²) in [5.74, 6) is 4.26. The Morgan fingerprint density at radius 3 is 3.00 bits per heavy atom. The Labute approximate surface area is 104 Å². The highest BCUT2D eigenvalue weighted by molar-refractivity contribution is 7.99. The highest BCUT2D eigenvalue weighted by Crippen LogP contribution is 2.25. The normalized spacial score (nSPS) is 17.6. The molecule has 0 radical (unpaired) electrons. The highest BCUT2D eigenvalue weighted by atomic mass is 32.2. The third kappa shape index (κ3) is 2.24. The largest absolute Gasteiger partial charge is 0.504 e. The average Bonchev–Trinajstić information content (AvgIpc) is 2.74. The topological polar surface area (TPSA) is 50.4 Å². The molecule has 1 N–H and O–H groups in total. The smallest absolute Gasteiger partial charge is 0.197 e. The lowest BCUT2D eigenvalue weighted by Crippen LogP contribution is -2.13. The fraction of sp³-hybridized carbons (Fsp3) is 0.500. The van der Waals surface area contributed by atoms with Crippen LogP contribution in [0.1, 0.15) is 18.7 Å². The average molecular weight is 249 g/mol. The second-order valence-electron chi connectivity index (χ2n) is 4.45. The molecule has 0 aromatic carbocycles. The van der Waals surface area contributed by atoms with Crippen molar-refractivity contribution in [3.8, 4) is 5.75 Å². The lowest BCUT2D eigenvalue weighted by Gasteiger charge is -2.19. The Balaban J connectivity index is 1.83. The molecule has 0 bridgehead atoms. The SMILES string of the molecule is Oc1cccn2nc(CC3CCSCC3)nc12. The van der Waals surface area contributed by atoms with E-state index in [0.717, 1.165) is 12.2 Å².